The molecule has 55 heavy (non-hydrogen) atoms. The Morgan fingerprint density at radius 1 is 1.05 bits per heavy atom. The van der Waals surface area contributed by atoms with Gasteiger partial charge in [-0.2, -0.15) is 4.31 Å². The van der Waals surface area contributed by atoms with Gasteiger partial charge in [-0.05, 0) is 86.7 Å². The molecule has 0 spiro atoms. The third kappa shape index (κ3) is 7.74. The fraction of sp³-hybridized carbons (Fsp3) is 0.763. The predicted octanol–water partition coefficient (Wildman–Crippen LogP) is 5.14. The van der Waals surface area contributed by atoms with Crippen molar-refractivity contribution >= 4 is 33.3 Å². The average molecular weight is 810 g/mol. The molecular formula is C38H53NO14P2. The molecule has 0 aromatic heterocycles. The van der Waals surface area contributed by atoms with Crippen molar-refractivity contribution in [2.75, 3.05) is 26.4 Å². The van der Waals surface area contributed by atoms with Crippen LogP contribution >= 0.6 is 15.6 Å². The van der Waals surface area contributed by atoms with Crippen LogP contribution in [-0.4, -0.2) is 83.0 Å². The number of allylic oxidation sites excluding steroid dienone is 4. The molecule has 1 aliphatic heterocycles. The lowest BCUT2D eigenvalue weighted by Gasteiger charge is -2.59. The molecule has 13 atom stereocenters. The number of hydrogen-bond donors (Lipinski definition) is 4. The van der Waals surface area contributed by atoms with Gasteiger partial charge in [0, 0.05) is 36.1 Å². The first kappa shape index (κ1) is 41.0. The molecule has 6 unspecified atom stereocenters. The highest BCUT2D eigenvalue weighted by atomic mass is 31.3. The summed E-state index contributed by atoms with van der Waals surface area (Å²) in [6.45, 7) is 4.31. The lowest BCUT2D eigenvalue weighted by Crippen LogP contribution is -2.63. The molecule has 1 heterocycles. The van der Waals surface area contributed by atoms with Gasteiger partial charge in [0.1, 0.15) is 6.61 Å². The molecule has 7 rings (SSSR count). The van der Waals surface area contributed by atoms with Gasteiger partial charge in [-0.15, -0.1) is 11.8 Å². The van der Waals surface area contributed by atoms with Crippen molar-refractivity contribution in [3.05, 3.63) is 23.8 Å². The molecule has 15 nitrogen and oxygen atoms in total. The van der Waals surface area contributed by atoms with E-state index in [4.69, 9.17) is 23.3 Å². The minimum absolute atomic E-state index is 0.0462. The molecule has 1 saturated heterocycles. The van der Waals surface area contributed by atoms with Crippen LogP contribution in [0, 0.1) is 58.2 Å². The van der Waals surface area contributed by atoms with Crippen LogP contribution in [-0.2, 0) is 46.3 Å². The lowest BCUT2D eigenvalue weighted by atomic mass is 9.46. The number of carbonyl (C=O) groups is 3. The van der Waals surface area contributed by atoms with Crippen LogP contribution in [0.5, 0.6) is 0 Å². The molecule has 17 heteroatoms. The second kappa shape index (κ2) is 15.5. The van der Waals surface area contributed by atoms with E-state index in [0.29, 0.717) is 43.9 Å². The Hall–Kier alpha value is -2.21. The highest BCUT2D eigenvalue weighted by molar-refractivity contribution is 7.61. The third-order valence-corrected chi connectivity index (χ3v) is 16.3. The largest absolute Gasteiger partial charge is 0.481 e. The van der Waals surface area contributed by atoms with E-state index in [1.807, 2.05) is 26.8 Å². The number of fused-ring (bicyclic) bond motifs is 8. The second-order valence-corrected chi connectivity index (χ2v) is 19.7. The number of phosphoric ester groups is 2. The summed E-state index contributed by atoms with van der Waals surface area (Å²) in [5, 5.41) is 14.3. The monoisotopic (exact) mass is 809 g/mol. The first-order chi connectivity index (χ1) is 26.0. The number of ether oxygens (including phenoxy) is 3. The number of hydrogen-bond acceptors (Lipinski definition) is 12. The van der Waals surface area contributed by atoms with E-state index >= 15 is 0 Å². The number of ketones is 2. The molecular weight excluding hydrogens is 756 g/mol. The summed E-state index contributed by atoms with van der Waals surface area (Å²) in [6.07, 6.45) is 8.84. The van der Waals surface area contributed by atoms with Crippen LogP contribution in [0.2, 0.25) is 0 Å². The Bertz CT molecular complexity index is 1760. The van der Waals surface area contributed by atoms with Gasteiger partial charge in [0.2, 0.25) is 0 Å². The zero-order valence-corrected chi connectivity index (χ0v) is 33.3. The maximum atomic E-state index is 14.4. The summed E-state index contributed by atoms with van der Waals surface area (Å²) in [6, 6.07) is 0. The van der Waals surface area contributed by atoms with Crippen LogP contribution in [0.15, 0.2) is 23.8 Å². The van der Waals surface area contributed by atoms with E-state index in [9.17, 15) is 38.4 Å². The fourth-order valence-electron chi connectivity index (χ4n) is 11.2. The molecule has 1 amide bonds. The Morgan fingerprint density at radius 3 is 2.47 bits per heavy atom. The smallest absolute Gasteiger partial charge is 0.449 e. The number of alkyl carbamates (subject to hydrolysis) is 1. The Labute approximate surface area is 321 Å². The van der Waals surface area contributed by atoms with Crippen molar-refractivity contribution in [3.8, 4) is 11.8 Å². The SMILES string of the molecule is CCCC1O[C@@H]2CC3[C@@H]4CCC5=CC(=O)C=C[C@]5(C)[C@H]4[C@@H](O)C[C@]3(C)[C@]2(C(=O)COP(=O)(O)OP(=O)(O)OCCNC(=O)OCC2C3CCC#CCCC32)O1. The molecule has 6 aliphatic carbocycles. The van der Waals surface area contributed by atoms with Crippen molar-refractivity contribution in [3.63, 3.8) is 0 Å². The number of carbonyl (C=O) groups excluding carboxylic acids is 3. The average Bonchev–Trinajstić information content (AvgIpc) is 3.47. The third-order valence-electron chi connectivity index (χ3n) is 13.7. The number of phosphoric acid groups is 2. The van der Waals surface area contributed by atoms with Crippen molar-refractivity contribution in [1.29, 1.82) is 0 Å². The normalized spacial score (nSPS) is 41.9. The number of nitrogens with one attached hydrogen (secondary N) is 1. The number of aliphatic hydroxyl groups is 1. The summed E-state index contributed by atoms with van der Waals surface area (Å²) in [5.74, 6) is 6.35. The zero-order chi connectivity index (χ0) is 39.4. The van der Waals surface area contributed by atoms with Crippen molar-refractivity contribution < 1.29 is 66.0 Å². The van der Waals surface area contributed by atoms with Gasteiger partial charge in [0.05, 0.1) is 25.4 Å². The van der Waals surface area contributed by atoms with Crippen LogP contribution in [0.1, 0.15) is 85.0 Å². The van der Waals surface area contributed by atoms with Gasteiger partial charge < -0.3 is 34.4 Å². The number of rotatable bonds is 14. The van der Waals surface area contributed by atoms with E-state index in [1.54, 1.807) is 12.2 Å². The molecule has 5 fully saturated rings. The zero-order valence-electron chi connectivity index (χ0n) is 31.6. The maximum Gasteiger partial charge on any atom is 0.481 e. The molecule has 7 aliphatic rings. The van der Waals surface area contributed by atoms with Gasteiger partial charge in [-0.1, -0.05) is 38.8 Å². The van der Waals surface area contributed by atoms with Gasteiger partial charge in [0.25, 0.3) is 0 Å². The van der Waals surface area contributed by atoms with E-state index < -0.39 is 75.7 Å². The summed E-state index contributed by atoms with van der Waals surface area (Å²) < 4.78 is 58.0. The van der Waals surface area contributed by atoms with Crippen LogP contribution < -0.4 is 5.32 Å². The summed E-state index contributed by atoms with van der Waals surface area (Å²) in [4.78, 5) is 59.4. The van der Waals surface area contributed by atoms with E-state index in [2.05, 4.69) is 21.5 Å². The van der Waals surface area contributed by atoms with Crippen LogP contribution in [0.25, 0.3) is 0 Å². The number of Topliss-reactive ketones (excluding diaryl/α,β-unsaturated/α-hetero) is 1. The summed E-state index contributed by atoms with van der Waals surface area (Å²) >= 11 is 0. The van der Waals surface area contributed by atoms with Crippen molar-refractivity contribution in [2.24, 2.45) is 46.3 Å². The van der Waals surface area contributed by atoms with E-state index in [-0.39, 0.29) is 49.0 Å². The quantitative estimate of drug-likeness (QED) is 0.102. The van der Waals surface area contributed by atoms with E-state index in [0.717, 1.165) is 31.3 Å². The van der Waals surface area contributed by atoms with Crippen LogP contribution in [0.3, 0.4) is 0 Å². The second-order valence-electron chi connectivity index (χ2n) is 16.6. The molecule has 0 radical (unpaired) electrons. The molecule has 0 bridgehead atoms. The first-order valence-electron chi connectivity index (χ1n) is 19.5. The maximum absolute atomic E-state index is 14.4. The molecule has 4 saturated carbocycles. The van der Waals surface area contributed by atoms with Gasteiger partial charge >= 0.3 is 21.7 Å². The predicted molar refractivity (Wildman–Crippen MR) is 194 cm³/mol. The standard InChI is InChI=1S/C38H53NO14P2/c1-4-9-33-51-32-19-29-27-13-12-23-18-24(40)14-15-36(23,2)34(27)30(41)20-37(29,3)38(32,52-33)31(42)22-50-55(46,47)53-54(44,45)49-17-16-39-35(43)48-21-28-25-10-7-5-6-8-11-26(25)28/h14-15,18,25-30,32-34,41H,4,7-13,16-17,19-22H2,1-3H3,(H,39,43)(H,44,45)(H,46,47)/t25?,26?,27-,28?,29?,30-,32+,33?,34+,36-,37-,38+/m0/s1. The lowest BCUT2D eigenvalue weighted by molar-refractivity contribution is -0.200. The highest BCUT2D eigenvalue weighted by Crippen LogP contribution is 2.70. The van der Waals surface area contributed by atoms with Gasteiger partial charge in [0.15, 0.2) is 23.5 Å². The summed E-state index contributed by atoms with van der Waals surface area (Å²) in [5.41, 5.74) is -2.17. The van der Waals surface area contributed by atoms with Crippen LogP contribution in [0.4, 0.5) is 4.79 Å². The first-order valence-corrected chi connectivity index (χ1v) is 22.5. The number of aliphatic hydroxyl groups excluding tert-OH is 1. The number of amides is 1. The molecule has 304 valence electrons. The Kier molecular flexibility index (Phi) is 11.6. The fourth-order valence-corrected chi connectivity index (χ4v) is 13.3. The Balaban J connectivity index is 0.945. The van der Waals surface area contributed by atoms with Gasteiger partial charge in [-0.3, -0.25) is 18.6 Å². The van der Waals surface area contributed by atoms with Crippen molar-refractivity contribution in [1.82, 2.24) is 5.32 Å². The van der Waals surface area contributed by atoms with Gasteiger partial charge in [-0.25, -0.2) is 13.9 Å². The minimum atomic E-state index is -5.37. The molecule has 0 aromatic carbocycles. The Morgan fingerprint density at radius 2 is 1.76 bits per heavy atom. The molecule has 4 N–H and O–H groups in total. The minimum Gasteiger partial charge on any atom is -0.449 e. The topological polar surface area (TPSA) is 213 Å². The summed E-state index contributed by atoms with van der Waals surface area (Å²) in [7, 11) is -10.6. The highest BCUT2D eigenvalue weighted by Gasteiger charge is 2.76. The molecule has 0 aromatic rings. The van der Waals surface area contributed by atoms with E-state index in [1.165, 1.54) is 0 Å². The van der Waals surface area contributed by atoms with Crippen molar-refractivity contribution in [2.45, 2.75) is 109 Å².